The summed E-state index contributed by atoms with van der Waals surface area (Å²) in [5.41, 5.74) is 5.11. The maximum Gasteiger partial charge on any atom is 0.320 e. The number of carbonyl (C=O) groups is 1. The van der Waals surface area contributed by atoms with Crippen LogP contribution in [0.4, 0.5) is 0 Å². The molecule has 3 heteroatoms. The summed E-state index contributed by atoms with van der Waals surface area (Å²) in [5, 5.41) is 12.6. The highest BCUT2D eigenvalue weighted by molar-refractivity contribution is 5.73. The maximum absolute atomic E-state index is 11.4. The van der Waals surface area contributed by atoms with Crippen LogP contribution in [0, 0.1) is 19.8 Å². The molecule has 2 atom stereocenters. The topological polar surface area (TPSA) is 49.3 Å². The highest BCUT2D eigenvalue weighted by Gasteiger charge is 2.23. The molecule has 22 heavy (non-hydrogen) atoms. The molecule has 2 N–H and O–H groups in total. The average molecular weight is 305 g/mol. The van der Waals surface area contributed by atoms with Crippen molar-refractivity contribution in [3.63, 3.8) is 0 Å². The molecular formula is C19H31NO2. The summed E-state index contributed by atoms with van der Waals surface area (Å²) in [4.78, 5) is 11.4. The van der Waals surface area contributed by atoms with Gasteiger partial charge in [0.1, 0.15) is 6.04 Å². The number of hydrogen-bond acceptors (Lipinski definition) is 2. The zero-order valence-electron chi connectivity index (χ0n) is 15.1. The number of aliphatic carboxylic acids is 1. The van der Waals surface area contributed by atoms with Gasteiger partial charge in [-0.3, -0.25) is 4.79 Å². The highest BCUT2D eigenvalue weighted by atomic mass is 16.4. The second kappa shape index (κ2) is 7.28. The second-order valence-electron chi connectivity index (χ2n) is 7.42. The minimum atomic E-state index is -0.768. The van der Waals surface area contributed by atoms with Crippen molar-refractivity contribution in [1.82, 2.24) is 5.32 Å². The van der Waals surface area contributed by atoms with Gasteiger partial charge in [-0.15, -0.1) is 0 Å². The van der Waals surface area contributed by atoms with Crippen LogP contribution in [0.3, 0.4) is 0 Å². The summed E-state index contributed by atoms with van der Waals surface area (Å²) < 4.78 is 0. The smallest absolute Gasteiger partial charge is 0.320 e. The Hall–Kier alpha value is -1.35. The Kier molecular flexibility index (Phi) is 6.18. The Labute approximate surface area is 135 Å². The lowest BCUT2D eigenvalue weighted by molar-refractivity contribution is -0.140. The summed E-state index contributed by atoms with van der Waals surface area (Å²) in [7, 11) is 0. The SMILES string of the molecule is CC[C@H](C)[C@H](NCc1c(C)cc(C(C)(C)C)cc1C)C(=O)O. The lowest BCUT2D eigenvalue weighted by atomic mass is 9.83. The van der Waals surface area contributed by atoms with Crippen molar-refractivity contribution in [3.8, 4) is 0 Å². The van der Waals surface area contributed by atoms with Crippen LogP contribution in [0.25, 0.3) is 0 Å². The molecule has 0 unspecified atom stereocenters. The lowest BCUT2D eigenvalue weighted by Crippen LogP contribution is -2.41. The van der Waals surface area contributed by atoms with Gasteiger partial charge in [-0.2, -0.15) is 0 Å². The van der Waals surface area contributed by atoms with E-state index in [1.165, 1.54) is 22.3 Å². The molecule has 0 bridgehead atoms. The molecule has 3 nitrogen and oxygen atoms in total. The van der Waals surface area contributed by atoms with Gasteiger partial charge in [-0.05, 0) is 47.4 Å². The first kappa shape index (κ1) is 18.7. The fourth-order valence-corrected chi connectivity index (χ4v) is 2.68. The summed E-state index contributed by atoms with van der Waals surface area (Å²) in [5.74, 6) is -0.650. The molecule has 0 radical (unpaired) electrons. The molecule has 0 fully saturated rings. The van der Waals surface area contributed by atoms with E-state index in [9.17, 15) is 9.90 Å². The van der Waals surface area contributed by atoms with Gasteiger partial charge in [-0.1, -0.05) is 53.2 Å². The minimum absolute atomic E-state index is 0.118. The third kappa shape index (κ3) is 4.57. The fourth-order valence-electron chi connectivity index (χ4n) is 2.68. The zero-order valence-corrected chi connectivity index (χ0v) is 15.1. The minimum Gasteiger partial charge on any atom is -0.480 e. The van der Waals surface area contributed by atoms with Crippen molar-refractivity contribution in [1.29, 1.82) is 0 Å². The van der Waals surface area contributed by atoms with E-state index in [2.05, 4.69) is 52.1 Å². The molecule has 0 aromatic heterocycles. The lowest BCUT2D eigenvalue weighted by Gasteiger charge is -2.24. The Morgan fingerprint density at radius 1 is 1.23 bits per heavy atom. The van der Waals surface area contributed by atoms with Gasteiger partial charge in [0.25, 0.3) is 0 Å². The first-order valence-corrected chi connectivity index (χ1v) is 8.14. The van der Waals surface area contributed by atoms with Gasteiger partial charge < -0.3 is 10.4 Å². The van der Waals surface area contributed by atoms with Crippen molar-refractivity contribution in [2.24, 2.45) is 5.92 Å². The molecule has 0 saturated heterocycles. The normalized spacial score (nSPS) is 14.7. The quantitative estimate of drug-likeness (QED) is 0.828. The van der Waals surface area contributed by atoms with Crippen LogP contribution >= 0.6 is 0 Å². The third-order valence-corrected chi connectivity index (χ3v) is 4.54. The number of benzene rings is 1. The fraction of sp³-hybridized carbons (Fsp3) is 0.632. The van der Waals surface area contributed by atoms with E-state index in [4.69, 9.17) is 0 Å². The molecule has 0 aliphatic rings. The van der Waals surface area contributed by atoms with Crippen molar-refractivity contribution in [2.75, 3.05) is 0 Å². The van der Waals surface area contributed by atoms with Crippen molar-refractivity contribution in [3.05, 3.63) is 34.4 Å². The molecule has 0 saturated carbocycles. The Morgan fingerprint density at radius 2 is 1.73 bits per heavy atom. The molecule has 0 spiro atoms. The Balaban J connectivity index is 2.97. The zero-order chi connectivity index (χ0) is 17.1. The molecule has 124 valence electrons. The Bertz CT molecular complexity index is 506. The number of nitrogens with one attached hydrogen (secondary N) is 1. The van der Waals surface area contributed by atoms with E-state index in [-0.39, 0.29) is 11.3 Å². The van der Waals surface area contributed by atoms with Crippen LogP contribution < -0.4 is 5.32 Å². The van der Waals surface area contributed by atoms with Crippen LogP contribution in [-0.4, -0.2) is 17.1 Å². The van der Waals surface area contributed by atoms with Crippen LogP contribution in [0.1, 0.15) is 63.3 Å². The molecular weight excluding hydrogens is 274 g/mol. The number of aryl methyl sites for hydroxylation is 2. The van der Waals surface area contributed by atoms with Crippen LogP contribution in [0.5, 0.6) is 0 Å². The predicted octanol–water partition coefficient (Wildman–Crippen LogP) is 4.19. The number of carboxylic acids is 1. The van der Waals surface area contributed by atoms with Gasteiger partial charge in [-0.25, -0.2) is 0 Å². The van der Waals surface area contributed by atoms with E-state index < -0.39 is 12.0 Å². The first-order chi connectivity index (χ1) is 10.1. The second-order valence-corrected chi connectivity index (χ2v) is 7.42. The van der Waals surface area contributed by atoms with Gasteiger partial charge in [0, 0.05) is 6.54 Å². The largest absolute Gasteiger partial charge is 0.480 e. The average Bonchev–Trinajstić information content (AvgIpc) is 2.39. The molecule has 0 aliphatic heterocycles. The highest BCUT2D eigenvalue weighted by Crippen LogP contribution is 2.27. The summed E-state index contributed by atoms with van der Waals surface area (Å²) in [6.45, 7) is 15.5. The number of carboxylic acid groups (broad SMARTS) is 1. The Morgan fingerprint density at radius 3 is 2.09 bits per heavy atom. The monoisotopic (exact) mass is 305 g/mol. The van der Waals surface area contributed by atoms with Crippen molar-refractivity contribution in [2.45, 2.75) is 72.9 Å². The summed E-state index contributed by atoms with van der Waals surface area (Å²) >= 11 is 0. The van der Waals surface area contributed by atoms with Gasteiger partial charge in [0.05, 0.1) is 0 Å². The van der Waals surface area contributed by atoms with E-state index >= 15 is 0 Å². The summed E-state index contributed by atoms with van der Waals surface area (Å²) in [6.07, 6.45) is 0.852. The van der Waals surface area contributed by atoms with E-state index in [1.54, 1.807) is 0 Å². The molecule has 1 rings (SSSR count). The molecule has 1 aromatic carbocycles. The van der Waals surface area contributed by atoms with E-state index in [0.29, 0.717) is 6.54 Å². The van der Waals surface area contributed by atoms with Crippen LogP contribution in [-0.2, 0) is 16.8 Å². The molecule has 1 aromatic rings. The maximum atomic E-state index is 11.4. The van der Waals surface area contributed by atoms with E-state index in [0.717, 1.165) is 6.42 Å². The van der Waals surface area contributed by atoms with Gasteiger partial charge in [0.15, 0.2) is 0 Å². The summed E-state index contributed by atoms with van der Waals surface area (Å²) in [6, 6.07) is 3.96. The van der Waals surface area contributed by atoms with E-state index in [1.807, 2.05) is 13.8 Å². The first-order valence-electron chi connectivity index (χ1n) is 8.14. The van der Waals surface area contributed by atoms with Crippen LogP contribution in [0.2, 0.25) is 0 Å². The standard InChI is InChI=1S/C19H31NO2/c1-8-12(2)17(18(21)22)20-11-16-13(3)9-15(10-14(16)4)19(5,6)7/h9-10,12,17,20H,8,11H2,1-7H3,(H,21,22)/t12-,17-/m0/s1. The predicted molar refractivity (Wildman–Crippen MR) is 92.3 cm³/mol. The van der Waals surface area contributed by atoms with Crippen LogP contribution in [0.15, 0.2) is 12.1 Å². The van der Waals surface area contributed by atoms with Crippen molar-refractivity contribution >= 4 is 5.97 Å². The number of hydrogen-bond donors (Lipinski definition) is 2. The molecule has 0 heterocycles. The van der Waals surface area contributed by atoms with Gasteiger partial charge >= 0.3 is 5.97 Å². The third-order valence-electron chi connectivity index (χ3n) is 4.54. The molecule has 0 aliphatic carbocycles. The van der Waals surface area contributed by atoms with Crippen molar-refractivity contribution < 1.29 is 9.90 Å². The number of rotatable bonds is 6. The van der Waals surface area contributed by atoms with Gasteiger partial charge in [0.2, 0.25) is 0 Å². The molecule has 0 amide bonds.